The second-order valence-electron chi connectivity index (χ2n) is 3.59. The zero-order valence-electron chi connectivity index (χ0n) is 9.35. The Morgan fingerprint density at radius 2 is 2.18 bits per heavy atom. The van der Waals surface area contributed by atoms with Gasteiger partial charge in [-0.05, 0) is 24.6 Å². The number of nitrogens with two attached hydrogens (primary N) is 1. The Morgan fingerprint density at radius 1 is 1.53 bits per heavy atom. The number of anilines is 1. The van der Waals surface area contributed by atoms with Crippen molar-refractivity contribution in [3.63, 3.8) is 0 Å². The zero-order valence-corrected chi connectivity index (χ0v) is 10.2. The first kappa shape index (κ1) is 13.9. The number of nitrogens with one attached hydrogen (secondary N) is 1. The lowest BCUT2D eigenvalue weighted by atomic mass is 10.3. The van der Waals surface area contributed by atoms with Crippen molar-refractivity contribution in [2.75, 3.05) is 12.3 Å². The van der Waals surface area contributed by atoms with Crippen molar-refractivity contribution in [1.82, 2.24) is 4.72 Å². The van der Waals surface area contributed by atoms with E-state index >= 15 is 0 Å². The van der Waals surface area contributed by atoms with Crippen LogP contribution in [0.5, 0.6) is 0 Å². The highest BCUT2D eigenvalue weighted by Crippen LogP contribution is 2.19. The molecule has 0 spiro atoms. The molecular formula is C10H15FN2O3S. The van der Waals surface area contributed by atoms with Crippen molar-refractivity contribution in [2.24, 2.45) is 0 Å². The van der Waals surface area contributed by atoms with Crippen LogP contribution in [0.1, 0.15) is 13.3 Å². The molecule has 96 valence electrons. The summed E-state index contributed by atoms with van der Waals surface area (Å²) in [6.45, 7) is 1.42. The molecule has 7 heteroatoms. The van der Waals surface area contributed by atoms with Crippen molar-refractivity contribution in [3.8, 4) is 0 Å². The molecule has 0 amide bonds. The highest BCUT2D eigenvalue weighted by atomic mass is 32.2. The summed E-state index contributed by atoms with van der Waals surface area (Å²) >= 11 is 0. The van der Waals surface area contributed by atoms with Gasteiger partial charge in [0.25, 0.3) is 0 Å². The molecule has 0 heterocycles. The molecule has 0 saturated carbocycles. The van der Waals surface area contributed by atoms with E-state index in [1.165, 1.54) is 0 Å². The van der Waals surface area contributed by atoms with E-state index in [0.29, 0.717) is 6.42 Å². The maximum Gasteiger partial charge on any atom is 0.242 e. The Kier molecular flexibility index (Phi) is 4.44. The number of nitrogen functional groups attached to an aromatic ring is 1. The summed E-state index contributed by atoms with van der Waals surface area (Å²) in [4.78, 5) is -0.189. The molecule has 1 aromatic carbocycles. The number of aliphatic hydroxyl groups is 1. The maximum absolute atomic E-state index is 12.8. The van der Waals surface area contributed by atoms with Gasteiger partial charge in [-0.3, -0.25) is 0 Å². The molecule has 4 N–H and O–H groups in total. The Labute approximate surface area is 99.5 Å². The van der Waals surface area contributed by atoms with Crippen LogP contribution >= 0.6 is 0 Å². The SMILES string of the molecule is CC[C@H](CO)NS(=O)(=O)c1ccc(F)cc1N. The van der Waals surface area contributed by atoms with Crippen molar-refractivity contribution >= 4 is 15.7 Å². The Hall–Kier alpha value is -1.18. The van der Waals surface area contributed by atoms with Gasteiger partial charge in [-0.1, -0.05) is 6.92 Å². The smallest absolute Gasteiger partial charge is 0.242 e. The summed E-state index contributed by atoms with van der Waals surface area (Å²) in [7, 11) is -3.83. The number of halogens is 1. The van der Waals surface area contributed by atoms with Crippen LogP contribution in [0.3, 0.4) is 0 Å². The molecule has 0 fully saturated rings. The van der Waals surface area contributed by atoms with E-state index < -0.39 is 21.9 Å². The van der Waals surface area contributed by atoms with Gasteiger partial charge in [0.1, 0.15) is 10.7 Å². The Balaban J connectivity index is 3.05. The van der Waals surface area contributed by atoms with Gasteiger partial charge in [0, 0.05) is 6.04 Å². The standard InChI is InChI=1S/C10H15FN2O3S/c1-2-8(6-14)13-17(15,16)10-4-3-7(11)5-9(10)12/h3-5,8,13-14H,2,6,12H2,1H3/t8-/m1/s1. The lowest BCUT2D eigenvalue weighted by Crippen LogP contribution is -2.37. The average molecular weight is 262 g/mol. The summed E-state index contributed by atoms with van der Waals surface area (Å²) in [5.74, 6) is -0.601. The third kappa shape index (κ3) is 3.39. The van der Waals surface area contributed by atoms with Crippen LogP contribution in [0.15, 0.2) is 23.1 Å². The van der Waals surface area contributed by atoms with Crippen LogP contribution in [-0.2, 0) is 10.0 Å². The van der Waals surface area contributed by atoms with E-state index in [2.05, 4.69) is 4.72 Å². The van der Waals surface area contributed by atoms with Gasteiger partial charge in [0.05, 0.1) is 12.3 Å². The summed E-state index contributed by atoms with van der Waals surface area (Å²) in [5, 5.41) is 8.93. The summed E-state index contributed by atoms with van der Waals surface area (Å²) in [6.07, 6.45) is 0.441. The minimum Gasteiger partial charge on any atom is -0.398 e. The fraction of sp³-hybridized carbons (Fsp3) is 0.400. The summed E-state index contributed by atoms with van der Waals surface area (Å²) < 4.78 is 38.8. The molecule has 0 unspecified atom stereocenters. The molecule has 0 aliphatic rings. The van der Waals surface area contributed by atoms with Crippen molar-refractivity contribution < 1.29 is 17.9 Å². The molecule has 1 rings (SSSR count). The monoisotopic (exact) mass is 262 g/mol. The predicted octanol–water partition coefficient (Wildman–Crippen LogP) is 0.457. The maximum atomic E-state index is 12.8. The minimum atomic E-state index is -3.83. The van der Waals surface area contributed by atoms with Crippen molar-refractivity contribution in [1.29, 1.82) is 0 Å². The molecule has 17 heavy (non-hydrogen) atoms. The molecule has 0 aliphatic heterocycles. The van der Waals surface area contributed by atoms with Crippen LogP contribution in [-0.4, -0.2) is 26.2 Å². The van der Waals surface area contributed by atoms with Gasteiger partial charge in [0.15, 0.2) is 0 Å². The van der Waals surface area contributed by atoms with E-state index in [1.54, 1.807) is 6.92 Å². The van der Waals surface area contributed by atoms with Crippen LogP contribution in [0, 0.1) is 5.82 Å². The Bertz CT molecular complexity index is 486. The number of hydrogen-bond acceptors (Lipinski definition) is 4. The average Bonchev–Trinajstić information content (AvgIpc) is 2.25. The van der Waals surface area contributed by atoms with Crippen LogP contribution in [0.4, 0.5) is 10.1 Å². The molecule has 1 aromatic rings. The molecule has 0 aliphatic carbocycles. The van der Waals surface area contributed by atoms with E-state index in [0.717, 1.165) is 18.2 Å². The molecule has 1 atom stereocenters. The first-order chi connectivity index (χ1) is 7.90. The first-order valence-electron chi connectivity index (χ1n) is 5.09. The fourth-order valence-corrected chi connectivity index (χ4v) is 2.72. The highest BCUT2D eigenvalue weighted by molar-refractivity contribution is 7.89. The predicted molar refractivity (Wildman–Crippen MR) is 62.3 cm³/mol. The fourth-order valence-electron chi connectivity index (χ4n) is 1.30. The van der Waals surface area contributed by atoms with Gasteiger partial charge in [-0.15, -0.1) is 0 Å². The molecule has 5 nitrogen and oxygen atoms in total. The van der Waals surface area contributed by atoms with Gasteiger partial charge in [0.2, 0.25) is 10.0 Å². The minimum absolute atomic E-state index is 0.162. The number of aliphatic hydroxyl groups excluding tert-OH is 1. The molecular weight excluding hydrogens is 247 g/mol. The third-order valence-electron chi connectivity index (χ3n) is 2.30. The van der Waals surface area contributed by atoms with E-state index in [9.17, 15) is 12.8 Å². The first-order valence-corrected chi connectivity index (χ1v) is 6.57. The molecule has 0 aromatic heterocycles. The molecule has 0 bridgehead atoms. The lowest BCUT2D eigenvalue weighted by molar-refractivity contribution is 0.254. The van der Waals surface area contributed by atoms with Gasteiger partial charge in [-0.25, -0.2) is 17.5 Å². The number of sulfonamides is 1. The second-order valence-corrected chi connectivity index (χ2v) is 5.27. The van der Waals surface area contributed by atoms with Gasteiger partial charge in [-0.2, -0.15) is 0 Å². The van der Waals surface area contributed by atoms with Gasteiger partial charge >= 0.3 is 0 Å². The topological polar surface area (TPSA) is 92.4 Å². The zero-order chi connectivity index (χ0) is 13.1. The quantitative estimate of drug-likeness (QED) is 0.672. The van der Waals surface area contributed by atoms with Gasteiger partial charge < -0.3 is 10.8 Å². The second kappa shape index (κ2) is 5.44. The Morgan fingerprint density at radius 3 is 2.65 bits per heavy atom. The number of hydrogen-bond donors (Lipinski definition) is 3. The van der Waals surface area contributed by atoms with E-state index in [1.807, 2.05) is 0 Å². The largest absolute Gasteiger partial charge is 0.398 e. The summed E-state index contributed by atoms with van der Waals surface area (Å²) in [6, 6.07) is 2.47. The van der Waals surface area contributed by atoms with Crippen LogP contribution in [0.2, 0.25) is 0 Å². The van der Waals surface area contributed by atoms with Crippen LogP contribution in [0.25, 0.3) is 0 Å². The van der Waals surface area contributed by atoms with Crippen molar-refractivity contribution in [3.05, 3.63) is 24.0 Å². The number of rotatable bonds is 5. The summed E-state index contributed by atoms with van der Waals surface area (Å²) in [5.41, 5.74) is 5.28. The molecule has 0 saturated heterocycles. The van der Waals surface area contributed by atoms with E-state index in [-0.39, 0.29) is 17.2 Å². The van der Waals surface area contributed by atoms with E-state index in [4.69, 9.17) is 10.8 Å². The molecule has 0 radical (unpaired) electrons. The number of benzene rings is 1. The third-order valence-corrected chi connectivity index (χ3v) is 3.89. The lowest BCUT2D eigenvalue weighted by Gasteiger charge is -2.15. The van der Waals surface area contributed by atoms with Crippen molar-refractivity contribution in [2.45, 2.75) is 24.3 Å². The highest BCUT2D eigenvalue weighted by Gasteiger charge is 2.21. The normalized spacial score (nSPS) is 13.6. The van der Waals surface area contributed by atoms with Crippen LogP contribution < -0.4 is 10.5 Å².